The molecule has 1 amide bonds. The predicted molar refractivity (Wildman–Crippen MR) is 136 cm³/mol. The number of hydrogen-bond acceptors (Lipinski definition) is 5. The van der Waals surface area contributed by atoms with Crippen molar-refractivity contribution in [2.45, 2.75) is 51.5 Å². The summed E-state index contributed by atoms with van der Waals surface area (Å²) in [6.07, 6.45) is 2.02. The topological polar surface area (TPSA) is 73.0 Å². The second-order valence-corrected chi connectivity index (χ2v) is 10.7. The number of carbonyl (C=O) groups excluding carboxylic acids is 1. The van der Waals surface area contributed by atoms with E-state index in [0.29, 0.717) is 30.2 Å². The molecule has 7 nitrogen and oxygen atoms in total. The minimum Gasteiger partial charge on any atom is -0.371 e. The van der Waals surface area contributed by atoms with Crippen molar-refractivity contribution in [1.29, 1.82) is 0 Å². The number of carbonyl (C=O) groups is 1. The van der Waals surface area contributed by atoms with Crippen molar-refractivity contribution >= 4 is 33.0 Å². The summed E-state index contributed by atoms with van der Waals surface area (Å²) in [5, 5.41) is 2.76. The first-order chi connectivity index (χ1) is 16.1. The van der Waals surface area contributed by atoms with Crippen LogP contribution in [0.25, 0.3) is 0 Å². The fraction of sp³-hybridized carbons (Fsp3) is 0.480. The minimum absolute atomic E-state index is 0.0735. The van der Waals surface area contributed by atoms with Gasteiger partial charge in [-0.25, -0.2) is 12.8 Å². The summed E-state index contributed by atoms with van der Waals surface area (Å²) < 4.78 is 42.3. The predicted octanol–water partition coefficient (Wildman–Crippen LogP) is 4.55. The summed E-state index contributed by atoms with van der Waals surface area (Å²) in [6.45, 7) is 9.77. The molecular formula is C25H35FN4O3S. The lowest BCUT2D eigenvalue weighted by Gasteiger charge is -2.25. The van der Waals surface area contributed by atoms with Gasteiger partial charge in [0.2, 0.25) is 10.0 Å². The molecule has 3 rings (SSSR count). The first-order valence-corrected chi connectivity index (χ1v) is 13.3. The molecule has 186 valence electrons. The molecule has 1 aliphatic heterocycles. The van der Waals surface area contributed by atoms with Gasteiger partial charge in [-0.2, -0.15) is 4.31 Å². The average molecular weight is 491 g/mol. The van der Waals surface area contributed by atoms with Gasteiger partial charge in [0.25, 0.3) is 5.91 Å². The van der Waals surface area contributed by atoms with Gasteiger partial charge in [0, 0.05) is 50.6 Å². The zero-order valence-corrected chi connectivity index (χ0v) is 21.5. The molecule has 1 aliphatic rings. The van der Waals surface area contributed by atoms with Gasteiger partial charge in [-0.3, -0.25) is 4.79 Å². The Balaban J connectivity index is 1.97. The lowest BCUT2D eigenvalue weighted by atomic mass is 10.1. The van der Waals surface area contributed by atoms with Crippen LogP contribution in [0, 0.1) is 5.82 Å². The SMILES string of the molecule is CCN(CC)S(=O)(=O)c1ccc(N2CCCC2)c(C(=O)Nc2ccc(N(C)C(C)C)c(F)c2)c1. The second kappa shape index (κ2) is 10.7. The van der Waals surface area contributed by atoms with Gasteiger partial charge in [-0.1, -0.05) is 13.8 Å². The third-order valence-corrected chi connectivity index (χ3v) is 8.41. The molecule has 1 fully saturated rings. The van der Waals surface area contributed by atoms with Crippen LogP contribution in [-0.2, 0) is 10.0 Å². The molecule has 0 atom stereocenters. The molecule has 1 heterocycles. The van der Waals surface area contributed by atoms with Gasteiger partial charge in [-0.05, 0) is 63.1 Å². The van der Waals surface area contributed by atoms with E-state index in [2.05, 4.69) is 10.2 Å². The number of nitrogens with zero attached hydrogens (tertiary/aromatic N) is 3. The van der Waals surface area contributed by atoms with Gasteiger partial charge >= 0.3 is 0 Å². The molecule has 0 aromatic heterocycles. The maximum Gasteiger partial charge on any atom is 0.257 e. The first-order valence-electron chi connectivity index (χ1n) is 11.8. The third kappa shape index (κ3) is 5.36. The summed E-state index contributed by atoms with van der Waals surface area (Å²) in [5.41, 5.74) is 1.70. The normalized spacial score (nSPS) is 14.2. The molecule has 2 aromatic rings. The van der Waals surface area contributed by atoms with Crippen LogP contribution >= 0.6 is 0 Å². The molecule has 1 N–H and O–H groups in total. The van der Waals surface area contributed by atoms with Crippen molar-refractivity contribution in [2.24, 2.45) is 0 Å². The van der Waals surface area contributed by atoms with E-state index in [4.69, 9.17) is 0 Å². The van der Waals surface area contributed by atoms with Crippen molar-refractivity contribution in [3.8, 4) is 0 Å². The van der Waals surface area contributed by atoms with Crippen LogP contribution in [-0.4, -0.2) is 57.9 Å². The second-order valence-electron chi connectivity index (χ2n) is 8.79. The molecule has 0 radical (unpaired) electrons. The Bertz CT molecular complexity index is 1130. The number of anilines is 3. The Morgan fingerprint density at radius 2 is 1.74 bits per heavy atom. The lowest BCUT2D eigenvalue weighted by Crippen LogP contribution is -2.31. The Kier molecular flexibility index (Phi) is 8.20. The zero-order chi connectivity index (χ0) is 25.0. The number of amides is 1. The summed E-state index contributed by atoms with van der Waals surface area (Å²) in [7, 11) is -1.92. The van der Waals surface area contributed by atoms with E-state index in [1.165, 1.54) is 16.4 Å². The molecular weight excluding hydrogens is 455 g/mol. The van der Waals surface area contributed by atoms with E-state index >= 15 is 0 Å². The van der Waals surface area contributed by atoms with Crippen LogP contribution in [0.5, 0.6) is 0 Å². The zero-order valence-electron chi connectivity index (χ0n) is 20.6. The minimum atomic E-state index is -3.73. The van der Waals surface area contributed by atoms with Gasteiger partial charge in [0.15, 0.2) is 0 Å². The number of benzene rings is 2. The van der Waals surface area contributed by atoms with Gasteiger partial charge < -0.3 is 15.1 Å². The summed E-state index contributed by atoms with van der Waals surface area (Å²) in [6, 6.07) is 9.40. The molecule has 0 saturated carbocycles. The van der Waals surface area contributed by atoms with E-state index < -0.39 is 21.7 Å². The highest BCUT2D eigenvalue weighted by Crippen LogP contribution is 2.30. The fourth-order valence-corrected chi connectivity index (χ4v) is 5.64. The maximum absolute atomic E-state index is 14.7. The number of rotatable bonds is 9. The van der Waals surface area contributed by atoms with Crippen molar-refractivity contribution < 1.29 is 17.6 Å². The monoisotopic (exact) mass is 490 g/mol. The van der Waals surface area contributed by atoms with Gasteiger partial charge in [0.05, 0.1) is 16.1 Å². The smallest absolute Gasteiger partial charge is 0.257 e. The Morgan fingerprint density at radius 3 is 2.29 bits per heavy atom. The van der Waals surface area contributed by atoms with Crippen LogP contribution in [0.1, 0.15) is 50.9 Å². The van der Waals surface area contributed by atoms with Crippen molar-refractivity contribution in [3.63, 3.8) is 0 Å². The number of hydrogen-bond donors (Lipinski definition) is 1. The highest BCUT2D eigenvalue weighted by Gasteiger charge is 2.26. The molecule has 34 heavy (non-hydrogen) atoms. The van der Waals surface area contributed by atoms with Gasteiger partial charge in [0.1, 0.15) is 5.82 Å². The van der Waals surface area contributed by atoms with E-state index in [1.807, 2.05) is 25.8 Å². The van der Waals surface area contributed by atoms with E-state index in [0.717, 1.165) is 25.9 Å². The van der Waals surface area contributed by atoms with Crippen LogP contribution in [0.4, 0.5) is 21.5 Å². The average Bonchev–Trinajstić information content (AvgIpc) is 3.33. The Morgan fingerprint density at radius 1 is 1.09 bits per heavy atom. The van der Waals surface area contributed by atoms with Crippen LogP contribution in [0.3, 0.4) is 0 Å². The van der Waals surface area contributed by atoms with Crippen LogP contribution in [0.2, 0.25) is 0 Å². The fourth-order valence-electron chi connectivity index (χ4n) is 4.15. The highest BCUT2D eigenvalue weighted by molar-refractivity contribution is 7.89. The van der Waals surface area contributed by atoms with E-state index in [9.17, 15) is 17.6 Å². The van der Waals surface area contributed by atoms with E-state index in [-0.39, 0.29) is 16.5 Å². The van der Waals surface area contributed by atoms with Crippen LogP contribution in [0.15, 0.2) is 41.3 Å². The molecule has 0 bridgehead atoms. The molecule has 0 spiro atoms. The largest absolute Gasteiger partial charge is 0.371 e. The highest BCUT2D eigenvalue weighted by atomic mass is 32.2. The standard InChI is InChI=1S/C25H35FN4O3S/c1-6-30(7-2)34(32,33)20-11-13-23(29-14-8-9-15-29)21(17-20)25(31)27-19-10-12-24(22(26)16-19)28(5)18(3)4/h10-13,16-18H,6-9,14-15H2,1-5H3,(H,27,31). The van der Waals surface area contributed by atoms with E-state index in [1.54, 1.807) is 38.1 Å². The first kappa shape index (κ1) is 26.0. The molecule has 9 heteroatoms. The summed E-state index contributed by atoms with van der Waals surface area (Å²) >= 11 is 0. The number of sulfonamides is 1. The number of halogens is 1. The van der Waals surface area contributed by atoms with Crippen molar-refractivity contribution in [1.82, 2.24) is 4.31 Å². The van der Waals surface area contributed by atoms with Crippen molar-refractivity contribution in [3.05, 3.63) is 47.8 Å². The Hall–Kier alpha value is -2.65. The quantitative estimate of drug-likeness (QED) is 0.558. The van der Waals surface area contributed by atoms with Crippen LogP contribution < -0.4 is 15.1 Å². The molecule has 0 aliphatic carbocycles. The molecule has 2 aromatic carbocycles. The Labute approximate surface area is 202 Å². The lowest BCUT2D eigenvalue weighted by molar-refractivity contribution is 0.102. The molecule has 1 saturated heterocycles. The van der Waals surface area contributed by atoms with Crippen molar-refractivity contribution in [2.75, 3.05) is 48.3 Å². The summed E-state index contributed by atoms with van der Waals surface area (Å²) in [4.78, 5) is 17.3. The molecule has 0 unspecified atom stereocenters. The van der Waals surface area contributed by atoms with Gasteiger partial charge in [-0.15, -0.1) is 0 Å². The summed E-state index contributed by atoms with van der Waals surface area (Å²) in [5.74, 6) is -0.908. The maximum atomic E-state index is 14.7. The third-order valence-electron chi connectivity index (χ3n) is 6.36. The number of nitrogens with one attached hydrogen (secondary N) is 1.